The smallest absolute Gasteiger partial charge is 0.150 e. The molecular weight excluding hydrogens is 297 g/mol. The van der Waals surface area contributed by atoms with Gasteiger partial charge >= 0.3 is 0 Å². The van der Waals surface area contributed by atoms with E-state index in [-0.39, 0.29) is 0 Å². The molecule has 0 atom stereocenters. The Morgan fingerprint density at radius 1 is 1.46 bits per heavy atom. The van der Waals surface area contributed by atoms with Gasteiger partial charge in [-0.15, -0.1) is 11.3 Å². The summed E-state index contributed by atoms with van der Waals surface area (Å²) >= 11 is 3.85. The summed E-state index contributed by atoms with van der Waals surface area (Å²) in [4.78, 5) is 10.5. The first-order chi connectivity index (χ1) is 6.22. The Hall–Kier alpha value is -0.620. The number of nitrogen functional groups attached to an aromatic ring is 1. The van der Waals surface area contributed by atoms with E-state index in [0.717, 1.165) is 24.9 Å². The van der Waals surface area contributed by atoms with Gasteiger partial charge in [0.15, 0.2) is 0 Å². The Labute approximate surface area is 92.9 Å². The van der Waals surface area contributed by atoms with Crippen molar-refractivity contribution in [1.29, 1.82) is 0 Å². The van der Waals surface area contributed by atoms with Crippen molar-refractivity contribution in [2.45, 2.75) is 0 Å². The van der Waals surface area contributed by atoms with Crippen LogP contribution in [0, 0.1) is 2.88 Å². The molecule has 4 heteroatoms. The first-order valence-electron chi connectivity index (χ1n) is 3.65. The fraction of sp³-hybridized carbons (Fsp3) is 0. The van der Waals surface area contributed by atoms with E-state index < -0.39 is 0 Å². The third-order valence-corrected chi connectivity index (χ3v) is 4.06. The number of carbonyl (C=O) groups is 1. The minimum atomic E-state index is 0.674. The van der Waals surface area contributed by atoms with Crippen LogP contribution in [0.5, 0.6) is 0 Å². The van der Waals surface area contributed by atoms with Crippen molar-refractivity contribution in [1.82, 2.24) is 0 Å². The number of thiophene rings is 1. The number of nitrogens with two attached hydrogens (primary N) is 1. The number of carbonyl (C=O) groups excluding carboxylic acids is 1. The number of anilines is 1. The van der Waals surface area contributed by atoms with Gasteiger partial charge in [-0.2, -0.15) is 0 Å². The maximum absolute atomic E-state index is 10.5. The maximum Gasteiger partial charge on any atom is 0.150 e. The second-order valence-electron chi connectivity index (χ2n) is 2.66. The Bertz CT molecular complexity index is 478. The van der Waals surface area contributed by atoms with E-state index in [1.54, 1.807) is 17.4 Å². The van der Waals surface area contributed by atoms with Crippen LogP contribution in [0.1, 0.15) is 10.4 Å². The van der Waals surface area contributed by atoms with Gasteiger partial charge in [0.05, 0.1) is 8.57 Å². The van der Waals surface area contributed by atoms with E-state index in [9.17, 15) is 4.79 Å². The van der Waals surface area contributed by atoms with Gasteiger partial charge in [0.25, 0.3) is 0 Å². The zero-order valence-electron chi connectivity index (χ0n) is 6.58. The van der Waals surface area contributed by atoms with E-state index in [1.807, 2.05) is 12.1 Å². The topological polar surface area (TPSA) is 43.1 Å². The Kier molecular flexibility index (Phi) is 2.25. The van der Waals surface area contributed by atoms with Gasteiger partial charge in [-0.25, -0.2) is 0 Å². The molecule has 0 amide bonds. The average Bonchev–Trinajstić information content (AvgIpc) is 2.43. The Balaban J connectivity index is 2.81. The molecule has 0 bridgehead atoms. The molecule has 0 fully saturated rings. The lowest BCUT2D eigenvalue weighted by Crippen LogP contribution is -1.84. The van der Waals surface area contributed by atoms with Gasteiger partial charge in [0, 0.05) is 15.6 Å². The van der Waals surface area contributed by atoms with Crippen molar-refractivity contribution < 1.29 is 4.79 Å². The number of fused-ring (bicyclic) bond motifs is 1. The number of halogens is 1. The Morgan fingerprint density at radius 2 is 2.23 bits per heavy atom. The third kappa shape index (κ3) is 1.44. The minimum Gasteiger partial charge on any atom is -0.397 e. The molecule has 0 aliphatic heterocycles. The van der Waals surface area contributed by atoms with Crippen molar-refractivity contribution in [3.05, 3.63) is 26.6 Å². The summed E-state index contributed by atoms with van der Waals surface area (Å²) in [6.45, 7) is 0. The molecule has 2 N–H and O–H groups in total. The number of hydrogen-bond donors (Lipinski definition) is 1. The van der Waals surface area contributed by atoms with Crippen molar-refractivity contribution in [3.63, 3.8) is 0 Å². The number of hydrogen-bond acceptors (Lipinski definition) is 3. The standard InChI is InChI=1S/C9H6INOS/c10-9-8(11)6-3-5(4-12)1-2-7(6)13-9/h1-4H,11H2. The van der Waals surface area contributed by atoms with Crippen LogP contribution in [-0.2, 0) is 0 Å². The molecule has 13 heavy (non-hydrogen) atoms. The van der Waals surface area contributed by atoms with Crippen LogP contribution >= 0.6 is 33.9 Å². The van der Waals surface area contributed by atoms with E-state index >= 15 is 0 Å². The summed E-state index contributed by atoms with van der Waals surface area (Å²) in [5.41, 5.74) is 7.31. The molecule has 0 saturated carbocycles. The highest BCUT2D eigenvalue weighted by atomic mass is 127. The zero-order valence-corrected chi connectivity index (χ0v) is 9.56. The predicted octanol–water partition coefficient (Wildman–Crippen LogP) is 2.90. The van der Waals surface area contributed by atoms with E-state index in [4.69, 9.17) is 5.73 Å². The molecule has 0 unspecified atom stereocenters. The summed E-state index contributed by atoms with van der Waals surface area (Å²) in [5, 5.41) is 0.985. The maximum atomic E-state index is 10.5. The van der Waals surface area contributed by atoms with Gasteiger partial charge in [-0.3, -0.25) is 4.79 Å². The van der Waals surface area contributed by atoms with Gasteiger partial charge in [0.1, 0.15) is 6.29 Å². The molecule has 0 spiro atoms. The summed E-state index contributed by atoms with van der Waals surface area (Å²) in [5.74, 6) is 0. The first kappa shape index (κ1) is 8.96. The summed E-state index contributed by atoms with van der Waals surface area (Å²) in [6.07, 6.45) is 0.837. The second kappa shape index (κ2) is 3.26. The highest BCUT2D eigenvalue weighted by molar-refractivity contribution is 14.1. The van der Waals surface area contributed by atoms with Gasteiger partial charge < -0.3 is 5.73 Å². The van der Waals surface area contributed by atoms with Crippen molar-refractivity contribution >= 4 is 56.0 Å². The van der Waals surface area contributed by atoms with Crippen molar-refractivity contribution in [2.24, 2.45) is 0 Å². The largest absolute Gasteiger partial charge is 0.397 e. The van der Waals surface area contributed by atoms with Crippen molar-refractivity contribution in [2.75, 3.05) is 5.73 Å². The lowest BCUT2D eigenvalue weighted by atomic mass is 10.2. The number of rotatable bonds is 1. The molecule has 2 aromatic rings. The normalized spacial score (nSPS) is 10.5. The van der Waals surface area contributed by atoms with Crippen molar-refractivity contribution in [3.8, 4) is 0 Å². The summed E-state index contributed by atoms with van der Waals surface area (Å²) < 4.78 is 2.21. The highest BCUT2D eigenvalue weighted by Gasteiger charge is 2.06. The molecule has 2 nitrogen and oxygen atoms in total. The average molecular weight is 303 g/mol. The molecular formula is C9H6INOS. The zero-order chi connectivity index (χ0) is 9.42. The molecule has 0 saturated heterocycles. The molecule has 0 radical (unpaired) electrons. The highest BCUT2D eigenvalue weighted by Crippen LogP contribution is 2.34. The van der Waals surface area contributed by atoms with Gasteiger partial charge in [-0.05, 0) is 34.7 Å². The SMILES string of the molecule is Nc1c(I)sc2ccc(C=O)cc12. The molecule has 1 heterocycles. The Morgan fingerprint density at radius 3 is 2.92 bits per heavy atom. The van der Waals surface area contributed by atoms with E-state index in [0.29, 0.717) is 5.56 Å². The van der Waals surface area contributed by atoms with Gasteiger partial charge in [0.2, 0.25) is 0 Å². The minimum absolute atomic E-state index is 0.674. The van der Waals surface area contributed by atoms with Crippen LogP contribution in [0.2, 0.25) is 0 Å². The van der Waals surface area contributed by atoms with E-state index in [2.05, 4.69) is 22.6 Å². The van der Waals surface area contributed by atoms with Crippen LogP contribution in [-0.4, -0.2) is 6.29 Å². The lowest BCUT2D eigenvalue weighted by molar-refractivity contribution is 0.112. The van der Waals surface area contributed by atoms with Crippen LogP contribution in [0.15, 0.2) is 18.2 Å². The van der Waals surface area contributed by atoms with Crippen LogP contribution in [0.4, 0.5) is 5.69 Å². The molecule has 2 rings (SSSR count). The predicted molar refractivity (Wildman–Crippen MR) is 64.3 cm³/mol. The lowest BCUT2D eigenvalue weighted by Gasteiger charge is -1.92. The molecule has 1 aromatic heterocycles. The first-order valence-corrected chi connectivity index (χ1v) is 5.54. The number of benzene rings is 1. The fourth-order valence-electron chi connectivity index (χ4n) is 1.18. The number of aldehydes is 1. The van der Waals surface area contributed by atoms with Crippen LogP contribution in [0.3, 0.4) is 0 Å². The van der Waals surface area contributed by atoms with Gasteiger partial charge in [-0.1, -0.05) is 6.07 Å². The quantitative estimate of drug-likeness (QED) is 0.650. The van der Waals surface area contributed by atoms with E-state index in [1.165, 1.54) is 0 Å². The third-order valence-electron chi connectivity index (χ3n) is 1.84. The monoisotopic (exact) mass is 303 g/mol. The van der Waals surface area contributed by atoms with Crippen LogP contribution < -0.4 is 5.73 Å². The molecule has 0 aliphatic carbocycles. The van der Waals surface area contributed by atoms with Crippen LogP contribution in [0.25, 0.3) is 10.1 Å². The second-order valence-corrected chi connectivity index (χ2v) is 5.53. The molecule has 0 aliphatic rings. The summed E-state index contributed by atoms with van der Waals surface area (Å²) in [6, 6.07) is 5.57. The fourth-order valence-corrected chi connectivity index (χ4v) is 3.01. The molecule has 66 valence electrons. The molecule has 1 aromatic carbocycles. The summed E-state index contributed by atoms with van der Waals surface area (Å²) in [7, 11) is 0.